The molecule has 0 N–H and O–H groups in total. The lowest BCUT2D eigenvalue weighted by molar-refractivity contribution is -0.140. The molecule has 14 heavy (non-hydrogen) atoms. The second kappa shape index (κ2) is 5.56. The van der Waals surface area contributed by atoms with Gasteiger partial charge in [-0.05, 0) is 27.7 Å². The van der Waals surface area contributed by atoms with Gasteiger partial charge in [-0.25, -0.2) is 0 Å². The van der Waals surface area contributed by atoms with E-state index in [0.717, 1.165) is 0 Å². The van der Waals surface area contributed by atoms with Crippen LogP contribution in [0.5, 0.6) is 0 Å². The Bertz CT molecular complexity index is 193. The molecule has 3 nitrogen and oxygen atoms in total. The molecule has 0 heterocycles. The highest BCUT2D eigenvalue weighted by Crippen LogP contribution is 2.14. The highest BCUT2D eigenvalue weighted by Gasteiger charge is 2.26. The zero-order valence-corrected chi connectivity index (χ0v) is 10.4. The molecular formula is C10H20ClNO2. The molecule has 0 aliphatic carbocycles. The maximum absolute atomic E-state index is 11.6. The van der Waals surface area contributed by atoms with Crippen LogP contribution < -0.4 is 0 Å². The first-order valence-electron chi connectivity index (χ1n) is 4.75. The fraction of sp³-hybridized carbons (Fsp3) is 0.900. The van der Waals surface area contributed by atoms with Gasteiger partial charge in [0.05, 0.1) is 11.6 Å². The van der Waals surface area contributed by atoms with E-state index in [2.05, 4.69) is 0 Å². The van der Waals surface area contributed by atoms with Gasteiger partial charge in [-0.3, -0.25) is 4.79 Å². The number of hydrogen-bond acceptors (Lipinski definition) is 2. The summed E-state index contributed by atoms with van der Waals surface area (Å²) in [5.41, 5.74) is -0.320. The van der Waals surface area contributed by atoms with E-state index >= 15 is 0 Å². The van der Waals surface area contributed by atoms with Crippen LogP contribution in [0.25, 0.3) is 0 Å². The summed E-state index contributed by atoms with van der Waals surface area (Å²) in [7, 11) is 1.74. The van der Waals surface area contributed by atoms with E-state index in [1.165, 1.54) is 0 Å². The van der Waals surface area contributed by atoms with Crippen molar-refractivity contribution in [3.63, 3.8) is 0 Å². The monoisotopic (exact) mass is 221 g/mol. The van der Waals surface area contributed by atoms with Gasteiger partial charge >= 0.3 is 0 Å². The van der Waals surface area contributed by atoms with Crippen LogP contribution in [-0.4, -0.2) is 42.0 Å². The van der Waals surface area contributed by atoms with E-state index in [1.807, 2.05) is 27.7 Å². The Balaban J connectivity index is 4.12. The smallest absolute Gasteiger partial charge is 0.248 e. The Hall–Kier alpha value is -0.280. The van der Waals surface area contributed by atoms with Gasteiger partial charge in [0.25, 0.3) is 0 Å². The zero-order valence-electron chi connectivity index (χ0n) is 9.63. The van der Waals surface area contributed by atoms with Crippen LogP contribution in [0.1, 0.15) is 27.7 Å². The van der Waals surface area contributed by atoms with E-state index in [1.54, 1.807) is 11.9 Å². The summed E-state index contributed by atoms with van der Waals surface area (Å²) in [6.07, 6.45) is 0.0754. The number of nitrogens with zero attached hydrogens (tertiary/aromatic N) is 1. The van der Waals surface area contributed by atoms with Gasteiger partial charge in [-0.1, -0.05) is 0 Å². The number of carbonyl (C=O) groups is 1. The Kier molecular flexibility index (Phi) is 5.45. The molecule has 0 radical (unpaired) electrons. The van der Waals surface area contributed by atoms with Crippen LogP contribution in [-0.2, 0) is 9.53 Å². The van der Waals surface area contributed by atoms with Crippen molar-refractivity contribution >= 4 is 17.5 Å². The standard InChI is InChI=1S/C10H20ClNO2/c1-8(2)14-6-9(13)12(5)10(3,4)7-11/h8H,6-7H2,1-5H3. The third-order valence-corrected chi connectivity index (χ3v) is 2.80. The van der Waals surface area contributed by atoms with Crippen molar-refractivity contribution in [2.24, 2.45) is 0 Å². The molecule has 0 aromatic rings. The normalized spacial score (nSPS) is 11.9. The van der Waals surface area contributed by atoms with Crippen molar-refractivity contribution < 1.29 is 9.53 Å². The van der Waals surface area contributed by atoms with Crippen LogP contribution in [0.3, 0.4) is 0 Å². The Morgan fingerprint density at radius 1 is 1.50 bits per heavy atom. The fourth-order valence-electron chi connectivity index (χ4n) is 0.762. The minimum atomic E-state index is -0.320. The van der Waals surface area contributed by atoms with Gasteiger partial charge in [0.2, 0.25) is 5.91 Å². The van der Waals surface area contributed by atoms with Gasteiger partial charge < -0.3 is 9.64 Å². The van der Waals surface area contributed by atoms with E-state index in [0.29, 0.717) is 5.88 Å². The molecule has 1 amide bonds. The average Bonchev–Trinajstić information content (AvgIpc) is 2.12. The number of rotatable bonds is 5. The molecule has 0 atom stereocenters. The van der Waals surface area contributed by atoms with Gasteiger partial charge in [-0.15, -0.1) is 11.6 Å². The van der Waals surface area contributed by atoms with Crippen LogP contribution in [0.15, 0.2) is 0 Å². The minimum absolute atomic E-state index is 0.0376. The van der Waals surface area contributed by atoms with Gasteiger partial charge in [0.1, 0.15) is 6.61 Å². The number of hydrogen-bond donors (Lipinski definition) is 0. The van der Waals surface area contributed by atoms with Crippen LogP contribution in [0.2, 0.25) is 0 Å². The highest BCUT2D eigenvalue weighted by molar-refractivity contribution is 6.18. The minimum Gasteiger partial charge on any atom is -0.369 e. The number of halogens is 1. The van der Waals surface area contributed by atoms with Crippen molar-refractivity contribution in [3.8, 4) is 0 Å². The van der Waals surface area contributed by atoms with Crippen LogP contribution >= 0.6 is 11.6 Å². The molecule has 0 aromatic carbocycles. The molecule has 0 aliphatic heterocycles. The summed E-state index contributed by atoms with van der Waals surface area (Å²) < 4.78 is 5.23. The van der Waals surface area contributed by atoms with E-state index in [-0.39, 0.29) is 24.2 Å². The van der Waals surface area contributed by atoms with Crippen molar-refractivity contribution in [1.29, 1.82) is 0 Å². The summed E-state index contributed by atoms with van der Waals surface area (Å²) in [4.78, 5) is 13.2. The predicted octanol–water partition coefficient (Wildman–Crippen LogP) is 1.89. The maximum atomic E-state index is 11.6. The lowest BCUT2D eigenvalue weighted by atomic mass is 10.1. The van der Waals surface area contributed by atoms with E-state index < -0.39 is 0 Å². The van der Waals surface area contributed by atoms with Crippen molar-refractivity contribution in [3.05, 3.63) is 0 Å². The first kappa shape index (κ1) is 13.7. The zero-order chi connectivity index (χ0) is 11.4. The first-order valence-corrected chi connectivity index (χ1v) is 5.29. The van der Waals surface area contributed by atoms with E-state index in [9.17, 15) is 4.79 Å². The van der Waals surface area contributed by atoms with Crippen molar-refractivity contribution in [1.82, 2.24) is 4.90 Å². The number of likely N-dealkylation sites (N-methyl/N-ethyl adjacent to an activating group) is 1. The van der Waals surface area contributed by atoms with Crippen LogP contribution in [0, 0.1) is 0 Å². The molecule has 0 unspecified atom stereocenters. The maximum Gasteiger partial charge on any atom is 0.248 e. The highest BCUT2D eigenvalue weighted by atomic mass is 35.5. The predicted molar refractivity (Wildman–Crippen MR) is 58.7 cm³/mol. The molecule has 0 saturated heterocycles. The molecule has 0 spiro atoms. The summed E-state index contributed by atoms with van der Waals surface area (Å²) >= 11 is 5.76. The largest absolute Gasteiger partial charge is 0.369 e. The molecule has 0 aliphatic rings. The quantitative estimate of drug-likeness (QED) is 0.664. The summed E-state index contributed by atoms with van der Waals surface area (Å²) in [5.74, 6) is 0.376. The second-order valence-electron chi connectivity index (χ2n) is 4.26. The lowest BCUT2D eigenvalue weighted by Gasteiger charge is -2.34. The second-order valence-corrected chi connectivity index (χ2v) is 4.53. The fourth-order valence-corrected chi connectivity index (χ4v) is 0.941. The third-order valence-electron chi connectivity index (χ3n) is 2.15. The van der Waals surface area contributed by atoms with Gasteiger partial charge in [0, 0.05) is 12.9 Å². The molecular weight excluding hydrogens is 202 g/mol. The van der Waals surface area contributed by atoms with Crippen LogP contribution in [0.4, 0.5) is 0 Å². The van der Waals surface area contributed by atoms with Crippen molar-refractivity contribution in [2.75, 3.05) is 19.5 Å². The SMILES string of the molecule is CC(C)OCC(=O)N(C)C(C)(C)CCl. The number of alkyl halides is 1. The Morgan fingerprint density at radius 2 is 2.00 bits per heavy atom. The molecule has 0 bridgehead atoms. The molecule has 4 heteroatoms. The Labute approximate surface area is 91.4 Å². The summed E-state index contributed by atoms with van der Waals surface area (Å²) in [6, 6.07) is 0. The molecule has 0 fully saturated rings. The van der Waals surface area contributed by atoms with E-state index in [4.69, 9.17) is 16.3 Å². The van der Waals surface area contributed by atoms with Gasteiger partial charge in [0.15, 0.2) is 0 Å². The topological polar surface area (TPSA) is 29.5 Å². The molecule has 0 rings (SSSR count). The summed E-state index contributed by atoms with van der Waals surface area (Å²) in [5, 5.41) is 0. The average molecular weight is 222 g/mol. The van der Waals surface area contributed by atoms with Crippen molar-refractivity contribution in [2.45, 2.75) is 39.3 Å². The molecule has 0 saturated carbocycles. The molecule has 84 valence electrons. The third kappa shape index (κ3) is 4.29. The molecule has 0 aromatic heterocycles. The Morgan fingerprint density at radius 3 is 2.36 bits per heavy atom. The van der Waals surface area contributed by atoms with Gasteiger partial charge in [-0.2, -0.15) is 0 Å². The first-order chi connectivity index (χ1) is 6.31. The number of ether oxygens (including phenoxy) is 1. The summed E-state index contributed by atoms with van der Waals surface area (Å²) in [6.45, 7) is 7.77. The lowest BCUT2D eigenvalue weighted by Crippen LogP contribution is -2.48. The number of amides is 1. The number of carbonyl (C=O) groups excluding carboxylic acids is 1.